The molecule has 0 aromatic heterocycles. The maximum Gasteiger partial charge on any atom is 0.261 e. The van der Waals surface area contributed by atoms with Gasteiger partial charge in [0.1, 0.15) is 18.2 Å². The molecule has 0 unspecified atom stereocenters. The van der Waals surface area contributed by atoms with Crippen molar-refractivity contribution in [1.29, 1.82) is 0 Å². The summed E-state index contributed by atoms with van der Waals surface area (Å²) in [7, 11) is 0. The van der Waals surface area contributed by atoms with E-state index in [2.05, 4.69) is 5.32 Å². The van der Waals surface area contributed by atoms with Crippen molar-refractivity contribution in [3.8, 4) is 5.75 Å². The molecule has 0 bridgehead atoms. The van der Waals surface area contributed by atoms with Crippen molar-refractivity contribution in [2.24, 2.45) is 0 Å². The van der Waals surface area contributed by atoms with Crippen molar-refractivity contribution in [2.75, 3.05) is 13.2 Å². The fourth-order valence-electron chi connectivity index (χ4n) is 3.34. The third-order valence-corrected chi connectivity index (χ3v) is 4.88. The fourth-order valence-corrected chi connectivity index (χ4v) is 3.34. The summed E-state index contributed by atoms with van der Waals surface area (Å²) in [6.45, 7) is 0.575. The van der Waals surface area contributed by atoms with E-state index in [1.54, 1.807) is 48.5 Å². The number of nitrogens with zero attached hydrogens (tertiary/aromatic N) is 1. The summed E-state index contributed by atoms with van der Waals surface area (Å²) in [5.74, 6) is -0.811. The van der Waals surface area contributed by atoms with Crippen molar-refractivity contribution >= 4 is 17.7 Å². The molecule has 1 N–H and O–H groups in total. The molecule has 156 valence electrons. The van der Waals surface area contributed by atoms with Gasteiger partial charge >= 0.3 is 0 Å². The molecule has 1 aliphatic rings. The normalized spacial score (nSPS) is 12.6. The summed E-state index contributed by atoms with van der Waals surface area (Å²) in [6.07, 6.45) is 0. The van der Waals surface area contributed by atoms with Gasteiger partial charge in [0.2, 0.25) is 0 Å². The lowest BCUT2D eigenvalue weighted by atomic mass is 10.1. The van der Waals surface area contributed by atoms with E-state index in [1.807, 2.05) is 0 Å². The van der Waals surface area contributed by atoms with Crippen LogP contribution in [0.3, 0.4) is 0 Å². The first-order chi connectivity index (χ1) is 15.0. The zero-order valence-corrected chi connectivity index (χ0v) is 16.5. The molecule has 0 saturated carbocycles. The van der Waals surface area contributed by atoms with E-state index in [4.69, 9.17) is 4.74 Å². The number of halogens is 1. The van der Waals surface area contributed by atoms with E-state index in [9.17, 15) is 18.8 Å². The number of hydrogen-bond acceptors (Lipinski definition) is 4. The van der Waals surface area contributed by atoms with Crippen molar-refractivity contribution < 1.29 is 23.5 Å². The quantitative estimate of drug-likeness (QED) is 0.471. The zero-order chi connectivity index (χ0) is 21.8. The van der Waals surface area contributed by atoms with Crippen LogP contribution in [0.1, 0.15) is 36.6 Å². The van der Waals surface area contributed by atoms with E-state index in [-0.39, 0.29) is 43.2 Å². The standard InChI is InChI=1S/C24H19FN2O4/c25-18-8-10-19(11-9-18)31-13-12-26-22(28)17-5-3-4-16(14-17)15-27-23(29)20-6-1-2-7-21(20)24(27)30/h1-11,14H,12-13,15H2,(H,26,28). The van der Waals surface area contributed by atoms with Gasteiger partial charge in [-0.1, -0.05) is 24.3 Å². The van der Waals surface area contributed by atoms with Gasteiger partial charge in [-0.15, -0.1) is 0 Å². The minimum atomic E-state index is -0.346. The molecule has 6 nitrogen and oxygen atoms in total. The second kappa shape index (κ2) is 8.79. The Hall–Kier alpha value is -4.00. The largest absolute Gasteiger partial charge is 0.492 e. The number of imide groups is 1. The first-order valence-electron chi connectivity index (χ1n) is 9.73. The Morgan fingerprint density at radius 1 is 0.903 bits per heavy atom. The summed E-state index contributed by atoms with van der Waals surface area (Å²) < 4.78 is 18.3. The van der Waals surface area contributed by atoms with Crippen molar-refractivity contribution in [3.63, 3.8) is 0 Å². The second-order valence-corrected chi connectivity index (χ2v) is 7.00. The van der Waals surface area contributed by atoms with Gasteiger partial charge in [-0.25, -0.2) is 4.39 Å². The first kappa shape index (κ1) is 20.3. The van der Waals surface area contributed by atoms with Crippen LogP contribution in [0, 0.1) is 5.82 Å². The maximum atomic E-state index is 12.9. The van der Waals surface area contributed by atoms with Crippen molar-refractivity contribution in [1.82, 2.24) is 10.2 Å². The number of carbonyl (C=O) groups excluding carboxylic acids is 3. The van der Waals surface area contributed by atoms with Gasteiger partial charge in [-0.3, -0.25) is 19.3 Å². The molecule has 3 amide bonds. The molecule has 3 aromatic carbocycles. The van der Waals surface area contributed by atoms with Crippen LogP contribution in [-0.2, 0) is 6.54 Å². The maximum absolute atomic E-state index is 12.9. The average molecular weight is 418 g/mol. The molecule has 0 saturated heterocycles. The number of hydrogen-bond donors (Lipinski definition) is 1. The van der Waals surface area contributed by atoms with Crippen LogP contribution in [0.25, 0.3) is 0 Å². The topological polar surface area (TPSA) is 75.7 Å². The molecule has 0 fully saturated rings. The van der Waals surface area contributed by atoms with Crippen LogP contribution in [0.15, 0.2) is 72.8 Å². The van der Waals surface area contributed by atoms with Gasteiger partial charge in [-0.05, 0) is 54.1 Å². The Kier molecular flexibility index (Phi) is 5.75. The highest BCUT2D eigenvalue weighted by Gasteiger charge is 2.34. The van der Waals surface area contributed by atoms with Crippen LogP contribution >= 0.6 is 0 Å². The van der Waals surface area contributed by atoms with E-state index in [0.717, 1.165) is 0 Å². The Bertz CT molecular complexity index is 1110. The van der Waals surface area contributed by atoms with E-state index in [0.29, 0.717) is 28.0 Å². The number of rotatable bonds is 7. The molecule has 1 aliphatic heterocycles. The highest BCUT2D eigenvalue weighted by Crippen LogP contribution is 2.24. The Morgan fingerprint density at radius 2 is 1.58 bits per heavy atom. The van der Waals surface area contributed by atoms with Crippen molar-refractivity contribution in [2.45, 2.75) is 6.54 Å². The smallest absolute Gasteiger partial charge is 0.261 e. The lowest BCUT2D eigenvalue weighted by Gasteiger charge is -2.14. The molecule has 0 atom stereocenters. The lowest BCUT2D eigenvalue weighted by Crippen LogP contribution is -2.30. The number of nitrogens with one attached hydrogen (secondary N) is 1. The molecule has 0 aliphatic carbocycles. The SMILES string of the molecule is O=C(NCCOc1ccc(F)cc1)c1cccc(CN2C(=O)c3ccccc3C2=O)c1. The van der Waals surface area contributed by atoms with Crippen molar-refractivity contribution in [3.05, 3.63) is 101 Å². The van der Waals surface area contributed by atoms with Gasteiger partial charge in [0.05, 0.1) is 24.2 Å². The minimum Gasteiger partial charge on any atom is -0.492 e. The number of ether oxygens (including phenoxy) is 1. The van der Waals surface area contributed by atoms with Crippen LogP contribution in [0.2, 0.25) is 0 Å². The Balaban J connectivity index is 1.34. The summed E-state index contributed by atoms with van der Waals surface area (Å²) in [4.78, 5) is 38.7. The van der Waals surface area contributed by atoms with Crippen LogP contribution < -0.4 is 10.1 Å². The van der Waals surface area contributed by atoms with Gasteiger partial charge < -0.3 is 10.1 Å². The summed E-state index contributed by atoms with van der Waals surface area (Å²) in [5.41, 5.74) is 1.87. The van der Waals surface area contributed by atoms with E-state index in [1.165, 1.54) is 29.2 Å². The molecular formula is C24H19FN2O4. The molecule has 3 aromatic rings. The average Bonchev–Trinajstić information content (AvgIpc) is 3.03. The third-order valence-electron chi connectivity index (χ3n) is 4.88. The van der Waals surface area contributed by atoms with E-state index < -0.39 is 0 Å². The Morgan fingerprint density at radius 3 is 2.26 bits per heavy atom. The molecule has 0 spiro atoms. The summed E-state index contributed by atoms with van der Waals surface area (Å²) in [5, 5.41) is 2.75. The fraction of sp³-hybridized carbons (Fsp3) is 0.125. The van der Waals surface area contributed by atoms with Gasteiger partial charge in [0.15, 0.2) is 0 Å². The van der Waals surface area contributed by atoms with Gasteiger partial charge in [0.25, 0.3) is 17.7 Å². The third kappa shape index (κ3) is 4.45. The Labute approximate surface area is 178 Å². The summed E-state index contributed by atoms with van der Waals surface area (Å²) in [6, 6.07) is 19.1. The predicted molar refractivity (Wildman–Crippen MR) is 111 cm³/mol. The van der Waals surface area contributed by atoms with E-state index >= 15 is 0 Å². The molecule has 1 heterocycles. The number of amides is 3. The van der Waals surface area contributed by atoms with Crippen LogP contribution in [-0.4, -0.2) is 35.8 Å². The monoisotopic (exact) mass is 418 g/mol. The van der Waals surface area contributed by atoms with Gasteiger partial charge in [-0.2, -0.15) is 0 Å². The highest BCUT2D eigenvalue weighted by atomic mass is 19.1. The minimum absolute atomic E-state index is 0.0845. The zero-order valence-electron chi connectivity index (χ0n) is 16.5. The van der Waals surface area contributed by atoms with Crippen LogP contribution in [0.4, 0.5) is 4.39 Å². The van der Waals surface area contributed by atoms with Gasteiger partial charge in [0, 0.05) is 5.56 Å². The number of benzene rings is 3. The molecule has 0 radical (unpaired) electrons. The first-order valence-corrected chi connectivity index (χ1v) is 9.73. The highest BCUT2D eigenvalue weighted by molar-refractivity contribution is 6.21. The molecule has 7 heteroatoms. The number of carbonyl (C=O) groups is 3. The number of fused-ring (bicyclic) bond motifs is 1. The molecule has 4 rings (SSSR count). The molecule has 31 heavy (non-hydrogen) atoms. The second-order valence-electron chi connectivity index (χ2n) is 7.00. The predicted octanol–water partition coefficient (Wildman–Crippen LogP) is 3.43. The molecular weight excluding hydrogens is 399 g/mol. The summed E-state index contributed by atoms with van der Waals surface area (Å²) >= 11 is 0. The van der Waals surface area contributed by atoms with Crippen LogP contribution in [0.5, 0.6) is 5.75 Å². The lowest BCUT2D eigenvalue weighted by molar-refractivity contribution is 0.0642.